The average Bonchev–Trinajstić information content (AvgIpc) is 2.78. The lowest BCUT2D eigenvalue weighted by molar-refractivity contribution is -0.146. The molecule has 0 aliphatic carbocycles. The number of carbonyl (C=O) groups is 1. The summed E-state index contributed by atoms with van der Waals surface area (Å²) >= 11 is 0. The second-order valence-electron chi connectivity index (χ2n) is 5.78. The van der Waals surface area contributed by atoms with E-state index in [1.54, 1.807) is 0 Å². The molecule has 2 rings (SSSR count). The number of aliphatic hydroxyl groups is 1. The highest BCUT2D eigenvalue weighted by molar-refractivity contribution is 5.84. The van der Waals surface area contributed by atoms with Gasteiger partial charge < -0.3 is 15.3 Å². The van der Waals surface area contributed by atoms with Crippen molar-refractivity contribution in [3.8, 4) is 0 Å². The van der Waals surface area contributed by atoms with E-state index >= 15 is 0 Å². The van der Waals surface area contributed by atoms with Crippen molar-refractivity contribution in [2.45, 2.75) is 39.2 Å². The molecule has 17 heavy (non-hydrogen) atoms. The van der Waals surface area contributed by atoms with Gasteiger partial charge in [0.25, 0.3) is 0 Å². The van der Waals surface area contributed by atoms with E-state index in [9.17, 15) is 9.90 Å². The van der Waals surface area contributed by atoms with Crippen LogP contribution in [0.5, 0.6) is 0 Å². The number of hydrogen-bond acceptors (Lipinski definition) is 3. The van der Waals surface area contributed by atoms with Gasteiger partial charge in [-0.15, -0.1) is 0 Å². The van der Waals surface area contributed by atoms with Crippen LogP contribution in [0.2, 0.25) is 0 Å². The van der Waals surface area contributed by atoms with Gasteiger partial charge in [0, 0.05) is 19.6 Å². The molecule has 0 bridgehead atoms. The Morgan fingerprint density at radius 2 is 2.29 bits per heavy atom. The molecular weight excluding hydrogens is 216 g/mol. The number of hydrogen-bond donors (Lipinski definition) is 2. The zero-order chi connectivity index (χ0) is 12.5. The molecule has 2 saturated heterocycles. The Labute approximate surface area is 103 Å². The van der Waals surface area contributed by atoms with Gasteiger partial charge in [0.1, 0.15) is 0 Å². The molecule has 98 valence electrons. The van der Waals surface area contributed by atoms with Gasteiger partial charge in [0.15, 0.2) is 0 Å². The molecule has 0 saturated carbocycles. The Bertz CT molecular complexity index is 285. The van der Waals surface area contributed by atoms with Crippen LogP contribution in [0.4, 0.5) is 0 Å². The van der Waals surface area contributed by atoms with E-state index in [4.69, 9.17) is 0 Å². The van der Waals surface area contributed by atoms with E-state index in [1.807, 2.05) is 4.90 Å². The second-order valence-corrected chi connectivity index (χ2v) is 5.78. The Morgan fingerprint density at radius 3 is 2.82 bits per heavy atom. The molecule has 0 aromatic carbocycles. The fourth-order valence-corrected chi connectivity index (χ4v) is 3.09. The molecule has 4 heteroatoms. The maximum absolute atomic E-state index is 12.7. The molecule has 0 aromatic rings. The number of rotatable bonds is 2. The Balaban J connectivity index is 2.11. The lowest BCUT2D eigenvalue weighted by Gasteiger charge is -2.39. The van der Waals surface area contributed by atoms with Crippen molar-refractivity contribution in [2.24, 2.45) is 11.3 Å². The van der Waals surface area contributed by atoms with E-state index < -0.39 is 0 Å². The van der Waals surface area contributed by atoms with Crippen molar-refractivity contribution in [2.75, 3.05) is 26.2 Å². The van der Waals surface area contributed by atoms with Crippen LogP contribution >= 0.6 is 0 Å². The third kappa shape index (κ3) is 2.33. The third-order valence-electron chi connectivity index (χ3n) is 4.40. The number of nitrogens with one attached hydrogen (secondary N) is 1. The quantitative estimate of drug-likeness (QED) is 0.743. The van der Waals surface area contributed by atoms with Gasteiger partial charge in [-0.25, -0.2) is 0 Å². The first-order valence-electron chi connectivity index (χ1n) is 6.74. The van der Waals surface area contributed by atoms with Gasteiger partial charge in [-0.1, -0.05) is 13.8 Å². The zero-order valence-corrected chi connectivity index (χ0v) is 10.9. The normalized spacial score (nSPS) is 34.4. The minimum absolute atomic E-state index is 0.239. The zero-order valence-electron chi connectivity index (χ0n) is 10.9. The topological polar surface area (TPSA) is 52.6 Å². The van der Waals surface area contributed by atoms with Crippen molar-refractivity contribution in [1.82, 2.24) is 10.2 Å². The van der Waals surface area contributed by atoms with Crippen molar-refractivity contribution in [3.63, 3.8) is 0 Å². The standard InChI is InChI=1S/C13H24N2O2/c1-10(2)13(5-6-14-9-13)12(17)15-7-3-4-11(16)8-15/h10-11,14,16H,3-9H2,1-2H3. The Kier molecular flexibility index (Phi) is 3.73. The molecular formula is C13H24N2O2. The molecule has 0 radical (unpaired) electrons. The predicted octanol–water partition coefficient (Wildman–Crippen LogP) is 0.605. The summed E-state index contributed by atoms with van der Waals surface area (Å²) in [6.07, 6.45) is 2.35. The summed E-state index contributed by atoms with van der Waals surface area (Å²) in [6.45, 7) is 7.31. The van der Waals surface area contributed by atoms with E-state index in [0.717, 1.165) is 38.9 Å². The Morgan fingerprint density at radius 1 is 1.53 bits per heavy atom. The number of β-amino-alcohol motifs (C(OH)–C–C–N with tert-alkyl or cyclic N) is 1. The molecule has 2 N–H and O–H groups in total. The van der Waals surface area contributed by atoms with Crippen LogP contribution in [-0.2, 0) is 4.79 Å². The van der Waals surface area contributed by atoms with E-state index in [1.165, 1.54) is 0 Å². The summed E-state index contributed by atoms with van der Waals surface area (Å²) < 4.78 is 0. The molecule has 2 unspecified atom stereocenters. The molecule has 0 spiro atoms. The van der Waals surface area contributed by atoms with Gasteiger partial charge in [-0.3, -0.25) is 4.79 Å². The van der Waals surface area contributed by atoms with Crippen LogP contribution in [0.3, 0.4) is 0 Å². The number of aliphatic hydroxyl groups excluding tert-OH is 1. The van der Waals surface area contributed by atoms with Crippen LogP contribution < -0.4 is 5.32 Å². The minimum atomic E-state index is -0.328. The SMILES string of the molecule is CC(C)C1(C(=O)N2CCCC(O)C2)CCNC1. The summed E-state index contributed by atoms with van der Waals surface area (Å²) in [4.78, 5) is 14.6. The molecule has 2 fully saturated rings. The summed E-state index contributed by atoms with van der Waals surface area (Å²) in [6, 6.07) is 0. The van der Waals surface area contributed by atoms with Crippen LogP contribution in [0.1, 0.15) is 33.1 Å². The lowest BCUT2D eigenvalue weighted by Crippen LogP contribution is -2.52. The van der Waals surface area contributed by atoms with Gasteiger partial charge in [0.2, 0.25) is 5.91 Å². The summed E-state index contributed by atoms with van der Waals surface area (Å²) in [7, 11) is 0. The molecule has 0 aromatic heterocycles. The predicted molar refractivity (Wildman–Crippen MR) is 66.6 cm³/mol. The Hall–Kier alpha value is -0.610. The monoisotopic (exact) mass is 240 g/mol. The van der Waals surface area contributed by atoms with Crippen molar-refractivity contribution < 1.29 is 9.90 Å². The molecule has 4 nitrogen and oxygen atoms in total. The third-order valence-corrected chi connectivity index (χ3v) is 4.40. The minimum Gasteiger partial charge on any atom is -0.391 e. The van der Waals surface area contributed by atoms with Crippen LogP contribution in [0, 0.1) is 11.3 Å². The van der Waals surface area contributed by atoms with Crippen molar-refractivity contribution in [3.05, 3.63) is 0 Å². The summed E-state index contributed by atoms with van der Waals surface area (Å²) in [5.74, 6) is 0.598. The first kappa shape index (κ1) is 12.8. The second kappa shape index (κ2) is 4.94. The van der Waals surface area contributed by atoms with E-state index in [2.05, 4.69) is 19.2 Å². The van der Waals surface area contributed by atoms with Gasteiger partial charge in [0.05, 0.1) is 11.5 Å². The molecule has 2 heterocycles. The molecule has 2 atom stereocenters. The lowest BCUT2D eigenvalue weighted by atomic mass is 9.75. The highest BCUT2D eigenvalue weighted by Gasteiger charge is 2.46. The van der Waals surface area contributed by atoms with Gasteiger partial charge in [-0.2, -0.15) is 0 Å². The van der Waals surface area contributed by atoms with Gasteiger partial charge in [-0.05, 0) is 31.7 Å². The number of amides is 1. The first-order valence-corrected chi connectivity index (χ1v) is 6.74. The van der Waals surface area contributed by atoms with Crippen LogP contribution in [-0.4, -0.2) is 48.2 Å². The first-order chi connectivity index (χ1) is 8.06. The van der Waals surface area contributed by atoms with E-state index in [-0.39, 0.29) is 17.4 Å². The number of nitrogens with zero attached hydrogens (tertiary/aromatic N) is 1. The largest absolute Gasteiger partial charge is 0.391 e. The summed E-state index contributed by atoms with van der Waals surface area (Å²) in [5, 5.41) is 13.0. The number of likely N-dealkylation sites (tertiary alicyclic amines) is 1. The maximum Gasteiger partial charge on any atom is 0.230 e. The maximum atomic E-state index is 12.7. The highest BCUT2D eigenvalue weighted by atomic mass is 16.3. The molecule has 2 aliphatic rings. The molecule has 1 amide bonds. The van der Waals surface area contributed by atoms with Gasteiger partial charge >= 0.3 is 0 Å². The number of carbonyl (C=O) groups excluding carboxylic acids is 1. The molecule has 2 aliphatic heterocycles. The fraction of sp³-hybridized carbons (Fsp3) is 0.923. The number of piperidine rings is 1. The van der Waals surface area contributed by atoms with Crippen LogP contribution in [0.15, 0.2) is 0 Å². The van der Waals surface area contributed by atoms with Crippen LogP contribution in [0.25, 0.3) is 0 Å². The smallest absolute Gasteiger partial charge is 0.230 e. The highest BCUT2D eigenvalue weighted by Crippen LogP contribution is 2.36. The van der Waals surface area contributed by atoms with Crippen molar-refractivity contribution >= 4 is 5.91 Å². The van der Waals surface area contributed by atoms with Crippen molar-refractivity contribution in [1.29, 1.82) is 0 Å². The fourth-order valence-electron chi connectivity index (χ4n) is 3.09. The summed E-state index contributed by atoms with van der Waals surface area (Å²) in [5.41, 5.74) is -0.239. The van der Waals surface area contributed by atoms with E-state index in [0.29, 0.717) is 12.5 Å². The average molecular weight is 240 g/mol.